The number of rotatable bonds is 5. The molecule has 7 heteroatoms. The fraction of sp³-hybridized carbons (Fsp3) is 0.346. The molecule has 1 aromatic heterocycles. The molecule has 2 aromatic carbocycles. The highest BCUT2D eigenvalue weighted by atomic mass is 16.2. The second kappa shape index (κ2) is 7.76. The first-order chi connectivity index (χ1) is 15.8. The Labute approximate surface area is 192 Å². The third-order valence-corrected chi connectivity index (χ3v) is 6.99. The van der Waals surface area contributed by atoms with Gasteiger partial charge in [0, 0.05) is 24.0 Å². The van der Waals surface area contributed by atoms with Gasteiger partial charge in [0.1, 0.15) is 6.04 Å². The van der Waals surface area contributed by atoms with E-state index in [4.69, 9.17) is 0 Å². The summed E-state index contributed by atoms with van der Waals surface area (Å²) in [6, 6.07) is 16.2. The van der Waals surface area contributed by atoms with E-state index >= 15 is 0 Å². The number of hydrogen-bond donors (Lipinski definition) is 2. The van der Waals surface area contributed by atoms with Crippen molar-refractivity contribution in [2.75, 3.05) is 6.54 Å². The summed E-state index contributed by atoms with van der Waals surface area (Å²) in [4.78, 5) is 46.9. The maximum absolute atomic E-state index is 13.9. The summed E-state index contributed by atoms with van der Waals surface area (Å²) in [5.41, 5.74) is 2.58. The molecule has 2 unspecified atom stereocenters. The van der Waals surface area contributed by atoms with Gasteiger partial charge in [0.2, 0.25) is 5.91 Å². The Bertz CT molecular complexity index is 1250. The lowest BCUT2D eigenvalue weighted by atomic mass is 9.86. The number of aromatic amines is 1. The minimum absolute atomic E-state index is 0.235. The zero-order valence-electron chi connectivity index (χ0n) is 19.1. The molecule has 3 heterocycles. The van der Waals surface area contributed by atoms with Crippen LogP contribution in [0.4, 0.5) is 4.79 Å². The number of carbonyl (C=O) groups excluding carboxylic acids is 3. The highest BCUT2D eigenvalue weighted by Crippen LogP contribution is 2.45. The van der Waals surface area contributed by atoms with Crippen LogP contribution >= 0.6 is 0 Å². The number of imide groups is 1. The zero-order chi connectivity index (χ0) is 23.3. The molecule has 2 aliphatic rings. The van der Waals surface area contributed by atoms with Crippen LogP contribution in [-0.2, 0) is 28.1 Å². The Morgan fingerprint density at radius 3 is 2.52 bits per heavy atom. The van der Waals surface area contributed by atoms with Gasteiger partial charge in [0.05, 0.1) is 5.69 Å². The molecule has 5 rings (SSSR count). The average molecular weight is 445 g/mol. The van der Waals surface area contributed by atoms with Gasteiger partial charge in [-0.1, -0.05) is 62.4 Å². The zero-order valence-corrected chi connectivity index (χ0v) is 19.1. The lowest BCUT2D eigenvalue weighted by Gasteiger charge is -2.36. The fourth-order valence-corrected chi connectivity index (χ4v) is 5.27. The van der Waals surface area contributed by atoms with Gasteiger partial charge in [0.15, 0.2) is 5.54 Å². The van der Waals surface area contributed by atoms with Gasteiger partial charge in [-0.2, -0.15) is 0 Å². The smallest absolute Gasteiger partial charge is 0.328 e. The van der Waals surface area contributed by atoms with E-state index in [1.165, 1.54) is 4.90 Å². The summed E-state index contributed by atoms with van der Waals surface area (Å²) in [6.07, 6.45) is 0.661. The predicted molar refractivity (Wildman–Crippen MR) is 125 cm³/mol. The number of aromatic nitrogens is 1. The van der Waals surface area contributed by atoms with Crippen molar-refractivity contribution in [3.8, 4) is 0 Å². The van der Waals surface area contributed by atoms with E-state index in [2.05, 4.69) is 10.3 Å². The van der Waals surface area contributed by atoms with Crippen LogP contribution in [-0.4, -0.2) is 45.2 Å². The van der Waals surface area contributed by atoms with Gasteiger partial charge < -0.3 is 15.2 Å². The number of urea groups is 1. The molecule has 33 heavy (non-hydrogen) atoms. The van der Waals surface area contributed by atoms with Crippen molar-refractivity contribution in [2.45, 2.75) is 45.3 Å². The van der Waals surface area contributed by atoms with Crippen molar-refractivity contribution >= 4 is 28.7 Å². The number of fused-ring (bicyclic) bond motifs is 5. The fourth-order valence-electron chi connectivity index (χ4n) is 5.27. The van der Waals surface area contributed by atoms with E-state index in [1.54, 1.807) is 11.8 Å². The standard InChI is InChI=1S/C26H28N4O3/c1-16(2)21(23(31)27-15-17-9-5-4-6-10-17)30-24(32)26(3)22-19(13-14-29(26)25(30)33)18-11-7-8-12-20(18)28-22/h4-12,16,21,28H,13-15H2,1-3H3,(H,27,31). The maximum Gasteiger partial charge on any atom is 0.328 e. The first-order valence-electron chi connectivity index (χ1n) is 11.4. The predicted octanol–water partition coefficient (Wildman–Crippen LogP) is 3.54. The monoisotopic (exact) mass is 444 g/mol. The minimum atomic E-state index is -1.16. The largest absolute Gasteiger partial charge is 0.356 e. The number of nitrogens with zero attached hydrogens (tertiary/aromatic N) is 2. The van der Waals surface area contributed by atoms with Gasteiger partial charge in [-0.3, -0.25) is 9.59 Å². The molecule has 2 aliphatic heterocycles. The van der Waals surface area contributed by atoms with E-state index in [-0.39, 0.29) is 17.7 Å². The quantitative estimate of drug-likeness (QED) is 0.590. The van der Waals surface area contributed by atoms with Crippen LogP contribution in [0.2, 0.25) is 0 Å². The molecule has 7 nitrogen and oxygen atoms in total. The second-order valence-corrected chi connectivity index (χ2v) is 9.35. The number of H-pyrrole nitrogens is 1. The van der Waals surface area contributed by atoms with Gasteiger partial charge in [0.25, 0.3) is 5.91 Å². The highest BCUT2D eigenvalue weighted by Gasteiger charge is 2.61. The number of nitrogens with one attached hydrogen (secondary N) is 2. The molecule has 170 valence electrons. The SMILES string of the molecule is CC(C)C(C(=O)NCc1ccccc1)N1C(=O)N2CCc3c([nH]c4ccccc34)C2(C)C1=O. The Hall–Kier alpha value is -3.61. The molecular weight excluding hydrogens is 416 g/mol. The highest BCUT2D eigenvalue weighted by molar-refractivity contribution is 6.11. The van der Waals surface area contributed by atoms with Crippen LogP contribution in [0.3, 0.4) is 0 Å². The van der Waals surface area contributed by atoms with Crippen LogP contribution in [0.1, 0.15) is 37.6 Å². The van der Waals surface area contributed by atoms with Crippen molar-refractivity contribution in [3.05, 3.63) is 71.4 Å². The molecule has 0 spiro atoms. The molecule has 0 saturated carbocycles. The van der Waals surface area contributed by atoms with Gasteiger partial charge >= 0.3 is 6.03 Å². The topological polar surface area (TPSA) is 85.5 Å². The summed E-state index contributed by atoms with van der Waals surface area (Å²) in [5, 5.41) is 4.00. The molecule has 3 aromatic rings. The van der Waals surface area contributed by atoms with Crippen LogP contribution in [0.25, 0.3) is 10.9 Å². The Morgan fingerprint density at radius 1 is 1.09 bits per heavy atom. The van der Waals surface area contributed by atoms with Crippen molar-refractivity contribution in [3.63, 3.8) is 0 Å². The first kappa shape index (κ1) is 21.2. The molecule has 0 aliphatic carbocycles. The maximum atomic E-state index is 13.9. The van der Waals surface area contributed by atoms with Crippen molar-refractivity contribution < 1.29 is 14.4 Å². The molecule has 0 radical (unpaired) electrons. The Kier molecular flexibility index (Phi) is 5.00. The summed E-state index contributed by atoms with van der Waals surface area (Å²) in [5.74, 6) is -0.912. The minimum Gasteiger partial charge on any atom is -0.356 e. The van der Waals surface area contributed by atoms with Crippen LogP contribution in [0.5, 0.6) is 0 Å². The van der Waals surface area contributed by atoms with Crippen LogP contribution < -0.4 is 5.32 Å². The number of benzene rings is 2. The summed E-state index contributed by atoms with van der Waals surface area (Å²) in [7, 11) is 0. The van der Waals surface area contributed by atoms with E-state index in [0.717, 1.165) is 27.7 Å². The summed E-state index contributed by atoms with van der Waals surface area (Å²) < 4.78 is 0. The van der Waals surface area contributed by atoms with Crippen molar-refractivity contribution in [2.24, 2.45) is 5.92 Å². The second-order valence-electron chi connectivity index (χ2n) is 9.35. The third-order valence-electron chi connectivity index (χ3n) is 6.99. The van der Waals surface area contributed by atoms with Gasteiger partial charge in [-0.15, -0.1) is 0 Å². The van der Waals surface area contributed by atoms with E-state index in [0.29, 0.717) is 19.5 Å². The average Bonchev–Trinajstić information content (AvgIpc) is 3.28. The number of amides is 4. The van der Waals surface area contributed by atoms with Gasteiger partial charge in [-0.05, 0) is 36.5 Å². The Morgan fingerprint density at radius 2 is 1.79 bits per heavy atom. The molecule has 2 atom stereocenters. The third kappa shape index (κ3) is 3.14. The number of carbonyl (C=O) groups is 3. The van der Waals surface area contributed by atoms with Crippen molar-refractivity contribution in [1.29, 1.82) is 0 Å². The Balaban J connectivity index is 1.49. The number of para-hydroxylation sites is 1. The number of hydrogen-bond acceptors (Lipinski definition) is 3. The van der Waals surface area contributed by atoms with E-state index in [9.17, 15) is 14.4 Å². The van der Waals surface area contributed by atoms with E-state index < -0.39 is 17.6 Å². The lowest BCUT2D eigenvalue weighted by Crippen LogP contribution is -2.53. The lowest BCUT2D eigenvalue weighted by molar-refractivity contribution is -0.140. The van der Waals surface area contributed by atoms with E-state index in [1.807, 2.05) is 68.4 Å². The van der Waals surface area contributed by atoms with Crippen LogP contribution in [0.15, 0.2) is 54.6 Å². The normalized spacial score (nSPS) is 20.8. The molecule has 1 fully saturated rings. The molecule has 4 amide bonds. The first-order valence-corrected chi connectivity index (χ1v) is 11.4. The van der Waals surface area contributed by atoms with Crippen molar-refractivity contribution in [1.82, 2.24) is 20.1 Å². The summed E-state index contributed by atoms with van der Waals surface area (Å²) >= 11 is 0. The molecule has 0 bridgehead atoms. The molecular formula is C26H28N4O3. The molecule has 1 saturated heterocycles. The summed E-state index contributed by atoms with van der Waals surface area (Å²) in [6.45, 7) is 6.29. The van der Waals surface area contributed by atoms with Crippen LogP contribution in [0, 0.1) is 5.92 Å². The van der Waals surface area contributed by atoms with Gasteiger partial charge in [-0.25, -0.2) is 9.69 Å². The molecule has 2 N–H and O–H groups in total.